The number of esters is 1. The minimum Gasteiger partial charge on any atom is -0.469 e. The van der Waals surface area contributed by atoms with Crippen molar-refractivity contribution in [2.75, 3.05) is 12.9 Å². The zero-order valence-electron chi connectivity index (χ0n) is 10.2. The van der Waals surface area contributed by atoms with Crippen LogP contribution in [-0.4, -0.2) is 23.8 Å². The quantitative estimate of drug-likeness (QED) is 0.352. The lowest BCUT2D eigenvalue weighted by atomic mass is 10.2. The second-order valence-corrected chi connectivity index (χ2v) is 5.64. The summed E-state index contributed by atoms with van der Waals surface area (Å²) in [4.78, 5) is 21.7. The fourth-order valence-electron chi connectivity index (χ4n) is 1.26. The molecular formula is C11H11BrFNO4S. The number of hydrogen-bond acceptors (Lipinski definition) is 5. The average molecular weight is 352 g/mol. The van der Waals surface area contributed by atoms with E-state index in [4.69, 9.17) is 0 Å². The van der Waals surface area contributed by atoms with Crippen molar-refractivity contribution in [3.05, 3.63) is 32.5 Å². The molecule has 0 saturated carbocycles. The molecule has 0 N–H and O–H groups in total. The number of nitrogens with zero attached hydrogens (tertiary/aromatic N) is 1. The Kier molecular flexibility index (Phi) is 5.74. The summed E-state index contributed by atoms with van der Waals surface area (Å²) in [5.41, 5.74) is -0.199. The van der Waals surface area contributed by atoms with Crippen molar-refractivity contribution < 1.29 is 18.8 Å². The van der Waals surface area contributed by atoms with Crippen LogP contribution in [0.4, 0.5) is 10.1 Å². The Morgan fingerprint density at radius 3 is 2.79 bits per heavy atom. The summed E-state index contributed by atoms with van der Waals surface area (Å²) in [7, 11) is 1.27. The van der Waals surface area contributed by atoms with Crippen LogP contribution < -0.4 is 0 Å². The van der Waals surface area contributed by atoms with E-state index >= 15 is 0 Å². The van der Waals surface area contributed by atoms with Gasteiger partial charge in [0.15, 0.2) is 0 Å². The van der Waals surface area contributed by atoms with Crippen molar-refractivity contribution in [1.82, 2.24) is 0 Å². The predicted molar refractivity (Wildman–Crippen MR) is 72.7 cm³/mol. The Morgan fingerprint density at radius 1 is 1.63 bits per heavy atom. The van der Waals surface area contributed by atoms with Crippen LogP contribution >= 0.6 is 27.7 Å². The fraction of sp³-hybridized carbons (Fsp3) is 0.364. The third kappa shape index (κ3) is 4.17. The third-order valence-electron chi connectivity index (χ3n) is 2.29. The standard InChI is InChI=1S/C11H11BrFNO4S/c1-6(11(15)18-2)5-19-10-4-8(13)7(12)3-9(10)14(16)17/h3-4,6H,5H2,1-2H3. The fourth-order valence-corrected chi connectivity index (χ4v) is 2.63. The lowest BCUT2D eigenvalue weighted by Gasteiger charge is -2.09. The zero-order chi connectivity index (χ0) is 14.6. The van der Waals surface area contributed by atoms with Gasteiger partial charge in [-0.3, -0.25) is 14.9 Å². The maximum atomic E-state index is 13.4. The minimum absolute atomic E-state index is 0.0320. The molecule has 1 aromatic carbocycles. The summed E-state index contributed by atoms with van der Waals surface area (Å²) in [5, 5.41) is 10.9. The van der Waals surface area contributed by atoms with Crippen molar-refractivity contribution in [3.63, 3.8) is 0 Å². The topological polar surface area (TPSA) is 69.4 Å². The molecule has 0 saturated heterocycles. The van der Waals surface area contributed by atoms with Gasteiger partial charge in [-0.2, -0.15) is 0 Å². The van der Waals surface area contributed by atoms with E-state index in [1.165, 1.54) is 7.11 Å². The monoisotopic (exact) mass is 351 g/mol. The van der Waals surface area contributed by atoms with Gasteiger partial charge in [0, 0.05) is 11.8 Å². The van der Waals surface area contributed by atoms with Gasteiger partial charge in [-0.1, -0.05) is 6.92 Å². The first-order valence-corrected chi connectivity index (χ1v) is 6.98. The highest BCUT2D eigenvalue weighted by Crippen LogP contribution is 2.34. The molecule has 0 radical (unpaired) electrons. The molecule has 0 aliphatic rings. The SMILES string of the molecule is COC(=O)C(C)CSc1cc(F)c(Br)cc1[N+](=O)[O-]. The van der Waals surface area contributed by atoms with Crippen molar-refractivity contribution >= 4 is 39.3 Å². The van der Waals surface area contributed by atoms with Gasteiger partial charge in [-0.05, 0) is 22.0 Å². The molecule has 104 valence electrons. The molecule has 0 aromatic heterocycles. The van der Waals surface area contributed by atoms with Gasteiger partial charge in [0.25, 0.3) is 5.69 Å². The molecule has 0 aliphatic carbocycles. The van der Waals surface area contributed by atoms with Crippen LogP contribution in [0.15, 0.2) is 21.5 Å². The molecule has 0 aliphatic heterocycles. The maximum Gasteiger partial charge on any atom is 0.309 e. The number of carbonyl (C=O) groups excluding carboxylic acids is 1. The number of halogens is 2. The van der Waals surface area contributed by atoms with E-state index in [0.717, 1.165) is 23.9 Å². The lowest BCUT2D eigenvalue weighted by molar-refractivity contribution is -0.387. The molecule has 19 heavy (non-hydrogen) atoms. The van der Waals surface area contributed by atoms with Crippen molar-refractivity contribution in [2.45, 2.75) is 11.8 Å². The van der Waals surface area contributed by atoms with Crippen molar-refractivity contribution in [2.24, 2.45) is 5.92 Å². The summed E-state index contributed by atoms with van der Waals surface area (Å²) >= 11 is 3.95. The molecule has 8 heteroatoms. The van der Waals surface area contributed by atoms with Gasteiger partial charge >= 0.3 is 5.97 Å². The van der Waals surface area contributed by atoms with Crippen LogP contribution in [0.3, 0.4) is 0 Å². The molecule has 5 nitrogen and oxygen atoms in total. The second kappa shape index (κ2) is 6.85. The van der Waals surface area contributed by atoms with E-state index < -0.39 is 22.6 Å². The van der Waals surface area contributed by atoms with E-state index in [1.807, 2.05) is 0 Å². The maximum absolute atomic E-state index is 13.4. The highest BCUT2D eigenvalue weighted by molar-refractivity contribution is 9.10. The molecule has 1 atom stereocenters. The Morgan fingerprint density at radius 2 is 2.26 bits per heavy atom. The van der Waals surface area contributed by atoms with Crippen LogP contribution in [-0.2, 0) is 9.53 Å². The van der Waals surface area contributed by atoms with Crippen LogP contribution in [0, 0.1) is 21.8 Å². The van der Waals surface area contributed by atoms with Crippen molar-refractivity contribution in [1.29, 1.82) is 0 Å². The zero-order valence-corrected chi connectivity index (χ0v) is 12.6. The summed E-state index contributed by atoms with van der Waals surface area (Å²) in [6.45, 7) is 1.64. The highest BCUT2D eigenvalue weighted by Gasteiger charge is 2.20. The average Bonchev–Trinajstić information content (AvgIpc) is 2.37. The lowest BCUT2D eigenvalue weighted by Crippen LogP contribution is -2.14. The molecule has 0 fully saturated rings. The first kappa shape index (κ1) is 15.9. The number of benzene rings is 1. The number of ether oxygens (including phenoxy) is 1. The van der Waals surface area contributed by atoms with Gasteiger partial charge in [0.05, 0.1) is 27.3 Å². The molecular weight excluding hydrogens is 341 g/mol. The molecule has 0 spiro atoms. The Hall–Kier alpha value is -1.15. The van der Waals surface area contributed by atoms with E-state index in [1.54, 1.807) is 6.92 Å². The van der Waals surface area contributed by atoms with E-state index in [2.05, 4.69) is 20.7 Å². The molecule has 0 amide bonds. The van der Waals surface area contributed by atoms with Gasteiger partial charge in [-0.25, -0.2) is 4.39 Å². The number of carbonyl (C=O) groups is 1. The van der Waals surface area contributed by atoms with Crippen LogP contribution in [0.5, 0.6) is 0 Å². The van der Waals surface area contributed by atoms with Crippen LogP contribution in [0.2, 0.25) is 0 Å². The van der Waals surface area contributed by atoms with Crippen LogP contribution in [0.25, 0.3) is 0 Å². The van der Waals surface area contributed by atoms with Crippen molar-refractivity contribution in [3.8, 4) is 0 Å². The summed E-state index contributed by atoms with van der Waals surface area (Å²) in [5.74, 6) is -1.15. The number of nitro groups is 1. The van der Waals surface area contributed by atoms with E-state index in [9.17, 15) is 19.3 Å². The number of thioether (sulfide) groups is 1. The largest absolute Gasteiger partial charge is 0.469 e. The molecule has 1 aromatic rings. The smallest absolute Gasteiger partial charge is 0.309 e. The summed E-state index contributed by atoms with van der Waals surface area (Å²) in [6, 6.07) is 2.19. The highest BCUT2D eigenvalue weighted by atomic mass is 79.9. The first-order valence-electron chi connectivity index (χ1n) is 5.20. The Labute approximate surface area is 121 Å². The van der Waals surface area contributed by atoms with Gasteiger partial charge in [-0.15, -0.1) is 11.8 Å². The second-order valence-electron chi connectivity index (χ2n) is 3.73. The molecule has 0 bridgehead atoms. The normalized spacial score (nSPS) is 12.0. The number of nitro benzene ring substituents is 1. The minimum atomic E-state index is -0.588. The predicted octanol–water partition coefficient (Wildman–Crippen LogP) is 3.40. The van der Waals surface area contributed by atoms with Crippen LogP contribution in [0.1, 0.15) is 6.92 Å². The Balaban J connectivity index is 2.91. The van der Waals surface area contributed by atoms with Gasteiger partial charge in [0.1, 0.15) is 5.82 Å². The summed E-state index contributed by atoms with van der Waals surface area (Å²) in [6.07, 6.45) is 0. The molecule has 0 heterocycles. The van der Waals surface area contributed by atoms with E-state index in [0.29, 0.717) is 0 Å². The van der Waals surface area contributed by atoms with E-state index in [-0.39, 0.29) is 20.8 Å². The van der Waals surface area contributed by atoms with Gasteiger partial charge < -0.3 is 4.74 Å². The number of rotatable bonds is 5. The molecule has 1 unspecified atom stereocenters. The Bertz CT molecular complexity index is 512. The molecule has 1 rings (SSSR count). The number of methoxy groups -OCH3 is 1. The number of hydrogen-bond donors (Lipinski definition) is 0. The summed E-state index contributed by atoms with van der Waals surface area (Å²) < 4.78 is 18.0. The third-order valence-corrected chi connectivity index (χ3v) is 4.20. The van der Waals surface area contributed by atoms with Gasteiger partial charge in [0.2, 0.25) is 0 Å². The first-order chi connectivity index (χ1) is 8.86.